The van der Waals surface area contributed by atoms with Crippen LogP contribution in [0.5, 0.6) is 0 Å². The summed E-state index contributed by atoms with van der Waals surface area (Å²) in [6, 6.07) is 7.55. The van der Waals surface area contributed by atoms with Crippen molar-refractivity contribution in [2.45, 2.75) is 20.3 Å². The summed E-state index contributed by atoms with van der Waals surface area (Å²) < 4.78 is 0. The van der Waals surface area contributed by atoms with E-state index in [4.69, 9.17) is 0 Å². The molecule has 3 amide bonds. The number of likely N-dealkylation sites (tertiary alicyclic amines) is 1. The van der Waals surface area contributed by atoms with Crippen molar-refractivity contribution < 1.29 is 9.59 Å². The van der Waals surface area contributed by atoms with Crippen molar-refractivity contribution in [1.29, 1.82) is 0 Å². The molecule has 0 spiro atoms. The number of urea groups is 1. The van der Waals surface area contributed by atoms with Crippen LogP contribution in [-0.2, 0) is 11.2 Å². The molecule has 1 aromatic carbocycles. The van der Waals surface area contributed by atoms with Crippen LogP contribution in [0.15, 0.2) is 36.9 Å². The second kappa shape index (κ2) is 6.64. The predicted octanol–water partition coefficient (Wildman–Crippen LogP) is 2.41. The minimum atomic E-state index is -0.212. The Balaban J connectivity index is 1.81. The van der Waals surface area contributed by atoms with Gasteiger partial charge in [-0.3, -0.25) is 4.79 Å². The molecular weight excluding hydrogens is 278 g/mol. The van der Waals surface area contributed by atoms with E-state index in [0.29, 0.717) is 19.6 Å². The average molecular weight is 301 g/mol. The Hall–Kier alpha value is -2.30. The van der Waals surface area contributed by atoms with Crippen LogP contribution in [0.2, 0.25) is 0 Å². The molecule has 5 heteroatoms. The van der Waals surface area contributed by atoms with E-state index < -0.39 is 0 Å². The lowest BCUT2D eigenvalue weighted by atomic mass is 9.82. The summed E-state index contributed by atoms with van der Waals surface area (Å²) in [7, 11) is 0. The highest BCUT2D eigenvalue weighted by molar-refractivity contribution is 5.90. The van der Waals surface area contributed by atoms with Crippen molar-refractivity contribution in [2.24, 2.45) is 5.41 Å². The number of carbonyl (C=O) groups is 2. The maximum absolute atomic E-state index is 12.0. The first-order valence-electron chi connectivity index (χ1n) is 7.51. The zero-order valence-electron chi connectivity index (χ0n) is 13.2. The minimum absolute atomic E-state index is 0.0567. The molecule has 2 rings (SSSR count). The Bertz CT molecular complexity index is 577. The van der Waals surface area contributed by atoms with Gasteiger partial charge in [-0.2, -0.15) is 0 Å². The van der Waals surface area contributed by atoms with E-state index >= 15 is 0 Å². The lowest BCUT2D eigenvalue weighted by Gasteiger charge is -2.47. The lowest BCUT2D eigenvalue weighted by molar-refractivity contribution is -0.136. The fraction of sp³-hybridized carbons (Fsp3) is 0.412. The second-order valence-corrected chi connectivity index (χ2v) is 6.03. The van der Waals surface area contributed by atoms with Gasteiger partial charge in [0, 0.05) is 30.7 Å². The van der Waals surface area contributed by atoms with Crippen LogP contribution < -0.4 is 10.6 Å². The van der Waals surface area contributed by atoms with Crippen LogP contribution in [-0.4, -0.2) is 36.5 Å². The normalized spacial score (nSPS) is 15.6. The first-order valence-corrected chi connectivity index (χ1v) is 7.51. The average Bonchev–Trinajstić information content (AvgIpc) is 2.50. The van der Waals surface area contributed by atoms with Gasteiger partial charge in [-0.05, 0) is 24.1 Å². The minimum Gasteiger partial charge on any atom is -0.338 e. The van der Waals surface area contributed by atoms with E-state index in [1.807, 2.05) is 24.3 Å². The summed E-state index contributed by atoms with van der Waals surface area (Å²) in [5.74, 6) is -0.0567. The summed E-state index contributed by atoms with van der Waals surface area (Å²) in [5, 5.41) is 5.77. The van der Waals surface area contributed by atoms with Gasteiger partial charge in [-0.25, -0.2) is 4.79 Å². The molecule has 1 heterocycles. The van der Waals surface area contributed by atoms with Crippen LogP contribution in [0.25, 0.3) is 0 Å². The van der Waals surface area contributed by atoms with Gasteiger partial charge >= 0.3 is 6.03 Å². The van der Waals surface area contributed by atoms with Gasteiger partial charge in [0.2, 0.25) is 5.91 Å². The van der Waals surface area contributed by atoms with Gasteiger partial charge in [-0.15, -0.1) is 0 Å². The number of hydrogen-bond donors (Lipinski definition) is 2. The van der Waals surface area contributed by atoms with Gasteiger partial charge in [0.15, 0.2) is 0 Å². The largest absolute Gasteiger partial charge is 0.338 e. The number of nitrogens with zero attached hydrogens (tertiary/aromatic N) is 1. The molecule has 1 aliphatic heterocycles. The molecule has 1 aliphatic rings. The first kappa shape index (κ1) is 16.1. The van der Waals surface area contributed by atoms with Gasteiger partial charge in [0.1, 0.15) is 0 Å². The van der Waals surface area contributed by atoms with Crippen LogP contribution in [0, 0.1) is 5.41 Å². The molecule has 0 bridgehead atoms. The number of nitrogens with one attached hydrogen (secondary N) is 2. The van der Waals surface area contributed by atoms with Gasteiger partial charge in [0.05, 0.1) is 0 Å². The molecule has 0 aliphatic carbocycles. The van der Waals surface area contributed by atoms with E-state index in [0.717, 1.165) is 17.7 Å². The van der Waals surface area contributed by atoms with Crippen LogP contribution >= 0.6 is 0 Å². The number of rotatable bonds is 5. The number of benzene rings is 1. The lowest BCUT2D eigenvalue weighted by Crippen LogP contribution is -2.60. The van der Waals surface area contributed by atoms with Crippen molar-refractivity contribution in [2.75, 3.05) is 25.0 Å². The smallest absolute Gasteiger partial charge is 0.319 e. The van der Waals surface area contributed by atoms with E-state index in [2.05, 4.69) is 31.1 Å². The molecule has 0 radical (unpaired) electrons. The predicted molar refractivity (Wildman–Crippen MR) is 87.7 cm³/mol. The summed E-state index contributed by atoms with van der Waals surface area (Å²) in [6.07, 6.45) is 2.19. The quantitative estimate of drug-likeness (QED) is 0.820. The van der Waals surface area contributed by atoms with E-state index in [-0.39, 0.29) is 17.4 Å². The fourth-order valence-electron chi connectivity index (χ4n) is 2.68. The molecule has 0 atom stereocenters. The topological polar surface area (TPSA) is 61.4 Å². The first-order chi connectivity index (χ1) is 10.5. The number of hydrogen-bond acceptors (Lipinski definition) is 2. The second-order valence-electron chi connectivity index (χ2n) is 6.03. The third kappa shape index (κ3) is 3.67. The summed E-state index contributed by atoms with van der Waals surface area (Å²) >= 11 is 0. The van der Waals surface area contributed by atoms with Crippen LogP contribution in [0.3, 0.4) is 0 Å². The molecule has 1 aromatic rings. The zero-order chi connectivity index (χ0) is 16.2. The van der Waals surface area contributed by atoms with Gasteiger partial charge in [-0.1, -0.05) is 38.6 Å². The van der Waals surface area contributed by atoms with Crippen molar-refractivity contribution in [1.82, 2.24) is 10.2 Å². The Kier molecular flexibility index (Phi) is 4.85. The third-order valence-electron chi connectivity index (χ3n) is 3.95. The molecule has 22 heavy (non-hydrogen) atoms. The van der Waals surface area contributed by atoms with E-state index in [1.54, 1.807) is 4.90 Å². The summed E-state index contributed by atoms with van der Waals surface area (Å²) in [4.78, 5) is 25.2. The number of aryl methyl sites for hydroxylation is 1. The highest BCUT2D eigenvalue weighted by Gasteiger charge is 2.40. The van der Waals surface area contributed by atoms with E-state index in [9.17, 15) is 9.59 Å². The maximum Gasteiger partial charge on any atom is 0.319 e. The zero-order valence-corrected chi connectivity index (χ0v) is 13.2. The highest BCUT2D eigenvalue weighted by atomic mass is 16.2. The Morgan fingerprint density at radius 3 is 2.68 bits per heavy atom. The molecule has 5 nitrogen and oxygen atoms in total. The third-order valence-corrected chi connectivity index (χ3v) is 3.95. The van der Waals surface area contributed by atoms with Crippen LogP contribution in [0.1, 0.15) is 19.4 Å². The summed E-state index contributed by atoms with van der Waals surface area (Å²) in [6.45, 7) is 9.41. The fourth-order valence-corrected chi connectivity index (χ4v) is 2.68. The molecule has 2 N–H and O–H groups in total. The SMILES string of the molecule is C=CC(=O)N1CC(C)(CNC(=O)Nc2ccccc2CC)C1. The number of amides is 3. The Morgan fingerprint density at radius 2 is 2.05 bits per heavy atom. The van der Waals surface area contributed by atoms with Crippen LogP contribution in [0.4, 0.5) is 10.5 Å². The Morgan fingerprint density at radius 1 is 1.36 bits per heavy atom. The maximum atomic E-state index is 12.0. The van der Waals surface area contributed by atoms with Crippen molar-refractivity contribution in [3.8, 4) is 0 Å². The van der Waals surface area contributed by atoms with Crippen molar-refractivity contribution in [3.05, 3.63) is 42.5 Å². The Labute approximate surface area is 131 Å². The van der Waals surface area contributed by atoms with E-state index in [1.165, 1.54) is 6.08 Å². The molecule has 0 saturated carbocycles. The molecule has 0 unspecified atom stereocenters. The van der Waals surface area contributed by atoms with Gasteiger partial charge in [0.25, 0.3) is 0 Å². The number of carbonyl (C=O) groups excluding carboxylic acids is 2. The molecule has 0 aromatic heterocycles. The number of para-hydroxylation sites is 1. The molecular formula is C17H23N3O2. The summed E-state index contributed by atoms with van der Waals surface area (Å²) in [5.41, 5.74) is 1.88. The monoisotopic (exact) mass is 301 g/mol. The molecule has 1 saturated heterocycles. The highest BCUT2D eigenvalue weighted by Crippen LogP contribution is 2.29. The number of anilines is 1. The molecule has 118 valence electrons. The van der Waals surface area contributed by atoms with Gasteiger partial charge < -0.3 is 15.5 Å². The standard InChI is InChI=1S/C17H23N3O2/c1-4-13-8-6-7-9-14(13)19-16(22)18-10-17(3)11-20(12-17)15(21)5-2/h5-9H,2,4,10-12H2,1,3H3,(H2,18,19,22). The van der Waals surface area contributed by atoms with Crippen molar-refractivity contribution in [3.63, 3.8) is 0 Å². The molecule has 1 fully saturated rings. The van der Waals surface area contributed by atoms with Crippen molar-refractivity contribution >= 4 is 17.6 Å².